The van der Waals surface area contributed by atoms with Gasteiger partial charge in [0.15, 0.2) is 0 Å². The molecule has 0 amide bonds. The van der Waals surface area contributed by atoms with Crippen molar-refractivity contribution >= 4 is 25.5 Å². The predicted molar refractivity (Wildman–Crippen MR) is 49.9 cm³/mol. The average molecular weight is 273 g/mol. The molecule has 0 fully saturated rings. The van der Waals surface area contributed by atoms with Gasteiger partial charge in [0, 0.05) is 16.2 Å². The summed E-state index contributed by atoms with van der Waals surface area (Å²) in [5.41, 5.74) is -0.642. The number of hydrogen-bond donors (Lipinski definition) is 0. The third-order valence-corrected chi connectivity index (χ3v) is 3.03. The number of rotatable bonds is 2. The summed E-state index contributed by atoms with van der Waals surface area (Å²) in [6.45, 7) is 0. The third-order valence-electron chi connectivity index (χ3n) is 1.66. The van der Waals surface area contributed by atoms with Crippen LogP contribution < -0.4 is 0 Å². The lowest BCUT2D eigenvalue weighted by Gasteiger charge is -2.04. The van der Waals surface area contributed by atoms with E-state index < -0.39 is 26.6 Å². The van der Waals surface area contributed by atoms with Crippen LogP contribution in [0.3, 0.4) is 0 Å². The SMILES string of the molecule is O=C(c1ccc(S(=O)(=O)Cl)cc1)C(F)(F)F. The van der Waals surface area contributed by atoms with E-state index in [1.807, 2.05) is 0 Å². The highest BCUT2D eigenvalue weighted by Crippen LogP contribution is 2.23. The zero-order chi connectivity index (χ0) is 12.6. The van der Waals surface area contributed by atoms with Crippen LogP contribution in [0.5, 0.6) is 0 Å². The fourth-order valence-electron chi connectivity index (χ4n) is 0.933. The van der Waals surface area contributed by atoms with E-state index in [0.717, 1.165) is 24.3 Å². The van der Waals surface area contributed by atoms with Gasteiger partial charge in [-0.25, -0.2) is 8.42 Å². The van der Waals surface area contributed by atoms with Crippen LogP contribution >= 0.6 is 10.7 Å². The second kappa shape index (κ2) is 4.06. The Hall–Kier alpha value is -1.08. The summed E-state index contributed by atoms with van der Waals surface area (Å²) in [5.74, 6) is -2.04. The van der Waals surface area contributed by atoms with Crippen molar-refractivity contribution in [3.05, 3.63) is 29.8 Å². The standard InChI is InChI=1S/C8H4ClF3O3S/c9-16(14,15)6-3-1-5(2-4-6)7(13)8(10,11)12/h1-4H. The molecule has 0 spiro atoms. The van der Waals surface area contributed by atoms with Gasteiger partial charge in [0.25, 0.3) is 14.8 Å². The highest BCUT2D eigenvalue weighted by atomic mass is 35.7. The van der Waals surface area contributed by atoms with Gasteiger partial charge in [-0.2, -0.15) is 13.2 Å². The van der Waals surface area contributed by atoms with E-state index in [1.165, 1.54) is 0 Å². The molecule has 0 aromatic heterocycles. The number of carbonyl (C=O) groups excluding carboxylic acids is 1. The molecule has 0 saturated heterocycles. The topological polar surface area (TPSA) is 51.2 Å². The van der Waals surface area contributed by atoms with Crippen LogP contribution in [0, 0.1) is 0 Å². The summed E-state index contributed by atoms with van der Waals surface area (Å²) >= 11 is 0. The molecule has 0 N–H and O–H groups in total. The zero-order valence-corrected chi connectivity index (χ0v) is 9.03. The van der Waals surface area contributed by atoms with Crippen molar-refractivity contribution in [2.75, 3.05) is 0 Å². The van der Waals surface area contributed by atoms with E-state index in [2.05, 4.69) is 0 Å². The molecule has 16 heavy (non-hydrogen) atoms. The summed E-state index contributed by atoms with van der Waals surface area (Å²) in [6.07, 6.45) is -4.98. The Labute approximate surface area is 93.3 Å². The molecule has 0 bridgehead atoms. The first-order chi connectivity index (χ1) is 7.12. The molecular weight excluding hydrogens is 269 g/mol. The maximum Gasteiger partial charge on any atom is 0.454 e. The summed E-state index contributed by atoms with van der Waals surface area (Å²) in [6, 6.07) is 3.18. The molecule has 0 unspecified atom stereocenters. The number of hydrogen-bond acceptors (Lipinski definition) is 3. The molecule has 1 aromatic carbocycles. The van der Waals surface area contributed by atoms with Crippen LogP contribution in [0.25, 0.3) is 0 Å². The molecule has 0 radical (unpaired) electrons. The highest BCUT2D eigenvalue weighted by Gasteiger charge is 2.39. The van der Waals surface area contributed by atoms with Crippen molar-refractivity contribution in [2.45, 2.75) is 11.1 Å². The van der Waals surface area contributed by atoms with Crippen molar-refractivity contribution in [1.82, 2.24) is 0 Å². The van der Waals surface area contributed by atoms with Gasteiger partial charge in [0.05, 0.1) is 4.90 Å². The van der Waals surface area contributed by atoms with Gasteiger partial charge in [0.1, 0.15) is 0 Å². The largest absolute Gasteiger partial charge is 0.454 e. The second-order valence-corrected chi connectivity index (χ2v) is 5.36. The Kier molecular flexibility index (Phi) is 3.30. The van der Waals surface area contributed by atoms with Crippen molar-refractivity contribution in [3.8, 4) is 0 Å². The van der Waals surface area contributed by atoms with Crippen LogP contribution in [-0.4, -0.2) is 20.4 Å². The van der Waals surface area contributed by atoms with E-state index in [-0.39, 0.29) is 4.90 Å². The van der Waals surface area contributed by atoms with Crippen molar-refractivity contribution in [3.63, 3.8) is 0 Å². The fourth-order valence-corrected chi connectivity index (χ4v) is 1.70. The Bertz CT molecular complexity index is 504. The molecular formula is C8H4ClF3O3S. The maximum atomic E-state index is 12.0. The Morgan fingerprint density at radius 1 is 1.12 bits per heavy atom. The number of halogens is 4. The molecule has 88 valence electrons. The number of carbonyl (C=O) groups is 1. The molecule has 0 atom stereocenters. The normalized spacial score (nSPS) is 12.5. The van der Waals surface area contributed by atoms with Crippen molar-refractivity contribution in [2.24, 2.45) is 0 Å². The molecule has 0 aliphatic rings. The van der Waals surface area contributed by atoms with Gasteiger partial charge in [-0.1, -0.05) is 0 Å². The van der Waals surface area contributed by atoms with Crippen LogP contribution in [-0.2, 0) is 9.05 Å². The Balaban J connectivity index is 3.10. The molecule has 1 rings (SSSR count). The first-order valence-electron chi connectivity index (χ1n) is 3.78. The first-order valence-corrected chi connectivity index (χ1v) is 6.09. The van der Waals surface area contributed by atoms with Crippen molar-refractivity contribution in [1.29, 1.82) is 0 Å². The van der Waals surface area contributed by atoms with Gasteiger partial charge in [-0.3, -0.25) is 4.79 Å². The number of alkyl halides is 3. The minimum absolute atomic E-state index is 0.368. The Morgan fingerprint density at radius 2 is 1.56 bits per heavy atom. The zero-order valence-electron chi connectivity index (χ0n) is 7.45. The van der Waals surface area contributed by atoms with Gasteiger partial charge in [-0.15, -0.1) is 0 Å². The summed E-state index contributed by atoms with van der Waals surface area (Å²) in [4.78, 5) is 10.4. The fraction of sp³-hybridized carbons (Fsp3) is 0.125. The summed E-state index contributed by atoms with van der Waals surface area (Å²) in [5, 5.41) is 0. The molecule has 8 heteroatoms. The maximum absolute atomic E-state index is 12.0. The van der Waals surface area contributed by atoms with Gasteiger partial charge in [0.2, 0.25) is 0 Å². The average Bonchev–Trinajstić information content (AvgIpc) is 2.14. The molecule has 0 aliphatic heterocycles. The summed E-state index contributed by atoms with van der Waals surface area (Å²) < 4.78 is 57.5. The van der Waals surface area contributed by atoms with E-state index in [1.54, 1.807) is 0 Å². The van der Waals surface area contributed by atoms with Crippen LogP contribution in [0.4, 0.5) is 13.2 Å². The molecule has 3 nitrogen and oxygen atoms in total. The van der Waals surface area contributed by atoms with E-state index in [4.69, 9.17) is 10.7 Å². The van der Waals surface area contributed by atoms with Gasteiger partial charge in [-0.05, 0) is 24.3 Å². The lowest BCUT2D eigenvalue weighted by molar-refractivity contribution is -0.0885. The van der Waals surface area contributed by atoms with Gasteiger partial charge >= 0.3 is 6.18 Å². The van der Waals surface area contributed by atoms with Crippen LogP contribution in [0.1, 0.15) is 10.4 Å². The quantitative estimate of drug-likeness (QED) is 0.613. The monoisotopic (exact) mass is 272 g/mol. The number of benzene rings is 1. The van der Waals surface area contributed by atoms with E-state index >= 15 is 0 Å². The number of Topliss-reactive ketones (excluding diaryl/α,β-unsaturated/α-hetero) is 1. The van der Waals surface area contributed by atoms with Gasteiger partial charge < -0.3 is 0 Å². The van der Waals surface area contributed by atoms with Crippen LogP contribution in [0.15, 0.2) is 29.2 Å². The lowest BCUT2D eigenvalue weighted by atomic mass is 10.1. The Morgan fingerprint density at radius 3 is 1.88 bits per heavy atom. The predicted octanol–water partition coefficient (Wildman–Crippen LogP) is 2.36. The summed E-state index contributed by atoms with van der Waals surface area (Å²) in [7, 11) is 0.944. The smallest absolute Gasteiger partial charge is 0.284 e. The molecule has 0 saturated carbocycles. The van der Waals surface area contributed by atoms with Crippen LogP contribution in [0.2, 0.25) is 0 Å². The second-order valence-electron chi connectivity index (χ2n) is 2.79. The lowest BCUT2D eigenvalue weighted by Crippen LogP contribution is -2.22. The minimum Gasteiger partial charge on any atom is -0.284 e. The minimum atomic E-state index is -4.98. The van der Waals surface area contributed by atoms with Crippen molar-refractivity contribution < 1.29 is 26.4 Å². The molecule has 0 aliphatic carbocycles. The first kappa shape index (κ1) is 13.0. The number of ketones is 1. The van der Waals surface area contributed by atoms with E-state index in [0.29, 0.717) is 0 Å². The highest BCUT2D eigenvalue weighted by molar-refractivity contribution is 8.13. The van der Waals surface area contributed by atoms with E-state index in [9.17, 15) is 26.4 Å². The third kappa shape index (κ3) is 2.96. The molecule has 1 aromatic rings. The molecule has 0 heterocycles.